The lowest BCUT2D eigenvalue weighted by atomic mass is 10.2. The van der Waals surface area contributed by atoms with Crippen molar-refractivity contribution in [3.8, 4) is 0 Å². The lowest BCUT2D eigenvalue weighted by Gasteiger charge is -2.38. The molecule has 1 aliphatic rings. The summed E-state index contributed by atoms with van der Waals surface area (Å²) in [6.45, 7) is 11.7. The fraction of sp³-hybridized carbons (Fsp3) is 0.714. The second kappa shape index (κ2) is 7.22. The van der Waals surface area contributed by atoms with Crippen LogP contribution < -0.4 is 10.2 Å². The molecule has 112 valence electrons. The minimum absolute atomic E-state index is 0.670. The highest BCUT2D eigenvalue weighted by Gasteiger charge is 2.22. The third-order valence-corrected chi connectivity index (χ3v) is 4.45. The summed E-state index contributed by atoms with van der Waals surface area (Å²) in [5.41, 5.74) is 0. The molecule has 6 heteroatoms. The van der Waals surface area contributed by atoms with Gasteiger partial charge in [-0.05, 0) is 36.2 Å². The van der Waals surface area contributed by atoms with Crippen molar-refractivity contribution in [3.05, 3.63) is 10.7 Å². The quantitative estimate of drug-likeness (QED) is 0.891. The van der Waals surface area contributed by atoms with Crippen LogP contribution in [0.2, 0.25) is 0 Å². The zero-order valence-electron chi connectivity index (χ0n) is 12.6. The average Bonchev–Trinajstić information content (AvgIpc) is 2.49. The minimum Gasteiger partial charge on any atom is -0.354 e. The number of aromatic nitrogens is 2. The Labute approximate surface area is 129 Å². The Morgan fingerprint density at radius 1 is 1.30 bits per heavy atom. The van der Waals surface area contributed by atoms with Crippen LogP contribution in [0.5, 0.6) is 0 Å². The summed E-state index contributed by atoms with van der Waals surface area (Å²) in [5.74, 6) is 1.70. The molecule has 1 aromatic rings. The Kier molecular flexibility index (Phi) is 5.60. The maximum atomic E-state index is 4.61. The Bertz CT molecular complexity index is 432. The van der Waals surface area contributed by atoms with E-state index >= 15 is 0 Å². The first-order chi connectivity index (χ1) is 9.65. The molecular formula is C14H24BrN5. The molecule has 0 spiro atoms. The van der Waals surface area contributed by atoms with Gasteiger partial charge in [0.2, 0.25) is 5.95 Å². The van der Waals surface area contributed by atoms with E-state index in [0.717, 1.165) is 43.0 Å². The SMILES string of the molecule is CCNc1ncc(Br)c(N2CCN(C(C)CC)CC2)n1. The van der Waals surface area contributed by atoms with E-state index in [9.17, 15) is 0 Å². The first-order valence-electron chi connectivity index (χ1n) is 7.41. The van der Waals surface area contributed by atoms with Gasteiger partial charge in [-0.25, -0.2) is 4.98 Å². The number of hydrogen-bond donors (Lipinski definition) is 1. The van der Waals surface area contributed by atoms with Crippen LogP contribution in [-0.2, 0) is 0 Å². The van der Waals surface area contributed by atoms with Gasteiger partial charge in [0, 0.05) is 45.0 Å². The van der Waals surface area contributed by atoms with Crippen molar-refractivity contribution < 1.29 is 0 Å². The Hall–Kier alpha value is -0.880. The smallest absolute Gasteiger partial charge is 0.224 e. The summed E-state index contributed by atoms with van der Waals surface area (Å²) >= 11 is 3.57. The fourth-order valence-corrected chi connectivity index (χ4v) is 2.90. The van der Waals surface area contributed by atoms with E-state index in [1.54, 1.807) is 0 Å². The molecule has 1 N–H and O–H groups in total. The molecular weight excluding hydrogens is 318 g/mol. The van der Waals surface area contributed by atoms with Gasteiger partial charge >= 0.3 is 0 Å². The van der Waals surface area contributed by atoms with Crippen molar-refractivity contribution in [2.45, 2.75) is 33.2 Å². The van der Waals surface area contributed by atoms with Gasteiger partial charge in [0.1, 0.15) is 5.82 Å². The molecule has 1 unspecified atom stereocenters. The van der Waals surface area contributed by atoms with Crippen LogP contribution in [0.15, 0.2) is 10.7 Å². The first kappa shape index (κ1) is 15.5. The van der Waals surface area contributed by atoms with Crippen molar-refractivity contribution in [2.75, 3.05) is 42.9 Å². The van der Waals surface area contributed by atoms with Crippen molar-refractivity contribution in [1.82, 2.24) is 14.9 Å². The van der Waals surface area contributed by atoms with Gasteiger partial charge in [0.05, 0.1) is 4.47 Å². The number of anilines is 2. The highest BCUT2D eigenvalue weighted by Crippen LogP contribution is 2.25. The second-order valence-corrected chi connectivity index (χ2v) is 6.03. The summed E-state index contributed by atoms with van der Waals surface area (Å²) in [6.07, 6.45) is 3.04. The fourth-order valence-electron chi connectivity index (χ4n) is 2.46. The lowest BCUT2D eigenvalue weighted by Crippen LogP contribution is -2.49. The lowest BCUT2D eigenvalue weighted by molar-refractivity contribution is 0.192. The van der Waals surface area contributed by atoms with Gasteiger partial charge in [-0.1, -0.05) is 6.92 Å². The Balaban J connectivity index is 2.04. The topological polar surface area (TPSA) is 44.3 Å². The monoisotopic (exact) mass is 341 g/mol. The van der Waals surface area contributed by atoms with Gasteiger partial charge in [-0.15, -0.1) is 0 Å². The van der Waals surface area contributed by atoms with Crippen molar-refractivity contribution in [1.29, 1.82) is 0 Å². The maximum Gasteiger partial charge on any atom is 0.224 e. The Morgan fingerprint density at radius 3 is 2.60 bits per heavy atom. The Morgan fingerprint density at radius 2 is 2.00 bits per heavy atom. The molecule has 2 heterocycles. The van der Waals surface area contributed by atoms with Crippen LogP contribution in [0.1, 0.15) is 27.2 Å². The van der Waals surface area contributed by atoms with Crippen LogP contribution in [0.4, 0.5) is 11.8 Å². The molecule has 1 saturated heterocycles. The van der Waals surface area contributed by atoms with Crippen LogP contribution in [0.3, 0.4) is 0 Å². The van der Waals surface area contributed by atoms with E-state index in [1.165, 1.54) is 6.42 Å². The van der Waals surface area contributed by atoms with Gasteiger partial charge in [0.15, 0.2) is 0 Å². The third kappa shape index (κ3) is 3.61. The standard InChI is InChI=1S/C14H24BrN5/c1-4-11(3)19-6-8-20(9-7-19)13-12(15)10-17-14(18-13)16-5-2/h10-11H,4-9H2,1-3H3,(H,16,17,18). The van der Waals surface area contributed by atoms with Crippen molar-refractivity contribution in [2.24, 2.45) is 0 Å². The number of piperazine rings is 1. The van der Waals surface area contributed by atoms with Gasteiger partial charge in [-0.2, -0.15) is 4.98 Å². The van der Waals surface area contributed by atoms with Crippen molar-refractivity contribution in [3.63, 3.8) is 0 Å². The predicted octanol–water partition coefficient (Wildman–Crippen LogP) is 2.59. The average molecular weight is 342 g/mol. The van der Waals surface area contributed by atoms with Crippen LogP contribution >= 0.6 is 15.9 Å². The van der Waals surface area contributed by atoms with Gasteiger partial charge in [-0.3, -0.25) is 4.90 Å². The van der Waals surface area contributed by atoms with Crippen LogP contribution in [0, 0.1) is 0 Å². The van der Waals surface area contributed by atoms with E-state index in [2.05, 4.69) is 61.8 Å². The van der Waals surface area contributed by atoms with E-state index in [4.69, 9.17) is 0 Å². The highest BCUT2D eigenvalue weighted by atomic mass is 79.9. The normalized spacial score (nSPS) is 18.1. The van der Waals surface area contributed by atoms with E-state index in [0.29, 0.717) is 12.0 Å². The highest BCUT2D eigenvalue weighted by molar-refractivity contribution is 9.10. The van der Waals surface area contributed by atoms with E-state index in [-0.39, 0.29) is 0 Å². The summed E-state index contributed by atoms with van der Waals surface area (Å²) in [5, 5.41) is 3.17. The maximum absolute atomic E-state index is 4.61. The number of nitrogens with zero attached hydrogens (tertiary/aromatic N) is 4. The molecule has 5 nitrogen and oxygen atoms in total. The first-order valence-corrected chi connectivity index (χ1v) is 8.20. The van der Waals surface area contributed by atoms with Gasteiger partial charge < -0.3 is 10.2 Å². The van der Waals surface area contributed by atoms with Crippen molar-refractivity contribution >= 4 is 27.7 Å². The molecule has 0 radical (unpaired) electrons. The summed E-state index contributed by atoms with van der Waals surface area (Å²) in [4.78, 5) is 13.8. The van der Waals surface area contributed by atoms with Crippen LogP contribution in [0.25, 0.3) is 0 Å². The second-order valence-electron chi connectivity index (χ2n) is 5.18. The molecule has 0 aliphatic carbocycles. The third-order valence-electron chi connectivity index (χ3n) is 3.89. The van der Waals surface area contributed by atoms with E-state index in [1.807, 2.05) is 6.20 Å². The van der Waals surface area contributed by atoms with Gasteiger partial charge in [0.25, 0.3) is 0 Å². The predicted molar refractivity (Wildman–Crippen MR) is 87.4 cm³/mol. The molecule has 0 bridgehead atoms. The summed E-state index contributed by atoms with van der Waals surface area (Å²) < 4.78 is 0.969. The molecule has 2 rings (SSSR count). The minimum atomic E-state index is 0.670. The molecule has 0 saturated carbocycles. The number of nitrogens with one attached hydrogen (secondary N) is 1. The number of halogens is 1. The van der Waals surface area contributed by atoms with E-state index < -0.39 is 0 Å². The summed E-state index contributed by atoms with van der Waals surface area (Å²) in [7, 11) is 0. The number of hydrogen-bond acceptors (Lipinski definition) is 5. The molecule has 1 aromatic heterocycles. The molecule has 20 heavy (non-hydrogen) atoms. The molecule has 0 amide bonds. The molecule has 1 aliphatic heterocycles. The zero-order valence-corrected chi connectivity index (χ0v) is 14.2. The molecule has 0 aromatic carbocycles. The number of rotatable bonds is 5. The summed E-state index contributed by atoms with van der Waals surface area (Å²) in [6, 6.07) is 0.670. The molecule has 1 fully saturated rings. The largest absolute Gasteiger partial charge is 0.354 e. The zero-order chi connectivity index (χ0) is 14.5. The molecule has 1 atom stereocenters. The van der Waals surface area contributed by atoms with Crippen LogP contribution in [-0.4, -0.2) is 53.6 Å².